The van der Waals surface area contributed by atoms with Crippen LogP contribution >= 0.6 is 0 Å². The fourth-order valence-corrected chi connectivity index (χ4v) is 3.30. The summed E-state index contributed by atoms with van der Waals surface area (Å²) in [5.74, 6) is -0.387. The molecule has 0 atom stereocenters. The van der Waals surface area contributed by atoms with Gasteiger partial charge in [0.25, 0.3) is 5.91 Å². The van der Waals surface area contributed by atoms with Crippen molar-refractivity contribution in [1.82, 2.24) is 5.32 Å². The van der Waals surface area contributed by atoms with E-state index in [1.165, 1.54) is 6.07 Å². The predicted molar refractivity (Wildman–Crippen MR) is 111 cm³/mol. The number of carbonyl (C=O) groups is 2. The number of aromatic hydroxyl groups is 2. The molecule has 0 spiro atoms. The van der Waals surface area contributed by atoms with Crippen molar-refractivity contribution in [3.8, 4) is 17.2 Å². The molecular weight excluding hydrogens is 370 g/mol. The van der Waals surface area contributed by atoms with E-state index >= 15 is 0 Å². The van der Waals surface area contributed by atoms with E-state index in [0.29, 0.717) is 12.0 Å². The molecule has 29 heavy (non-hydrogen) atoms. The van der Waals surface area contributed by atoms with Crippen LogP contribution in [0.2, 0.25) is 0 Å². The second-order valence-electron chi connectivity index (χ2n) is 6.72. The monoisotopic (exact) mass is 393 g/mol. The fourth-order valence-electron chi connectivity index (χ4n) is 3.30. The molecule has 0 aromatic heterocycles. The smallest absolute Gasteiger partial charge is 0.255 e. The van der Waals surface area contributed by atoms with Crippen molar-refractivity contribution < 1.29 is 24.5 Å². The van der Waals surface area contributed by atoms with E-state index in [0.717, 1.165) is 28.2 Å². The predicted octanol–water partition coefficient (Wildman–Crippen LogP) is 3.36. The molecule has 3 N–H and O–H groups in total. The molecule has 0 heterocycles. The van der Waals surface area contributed by atoms with Gasteiger partial charge in [-0.25, -0.2) is 0 Å². The van der Waals surface area contributed by atoms with Gasteiger partial charge in [-0.05, 0) is 35.1 Å². The summed E-state index contributed by atoms with van der Waals surface area (Å²) in [7, 11) is 1.60. The highest BCUT2D eigenvalue weighted by molar-refractivity contribution is 6.00. The van der Waals surface area contributed by atoms with Gasteiger partial charge in [0, 0.05) is 17.9 Å². The molecule has 0 aliphatic heterocycles. The normalized spacial score (nSPS) is 10.7. The molecule has 0 saturated carbocycles. The maximum absolute atomic E-state index is 12.5. The molecule has 3 rings (SSSR count). The number of rotatable bonds is 7. The Morgan fingerprint density at radius 1 is 0.966 bits per heavy atom. The number of fused-ring (bicyclic) bond motifs is 1. The molecular formula is C23H23NO5. The van der Waals surface area contributed by atoms with Gasteiger partial charge in [0.1, 0.15) is 17.2 Å². The standard InChI is InChI=1S/C23H23NO5/c1-3-14-11-19(21(27)12-20(14)26)23(28)24-13-16(25)10-15-8-9-22(29-2)18-7-5-4-6-17(15)18/h4-9,11-12,26-27H,3,10,13H2,1-2H3,(H,24,28). The Labute approximate surface area is 168 Å². The number of ether oxygens (including phenoxy) is 1. The van der Waals surface area contributed by atoms with Gasteiger partial charge in [0.05, 0.1) is 19.2 Å². The molecule has 6 heteroatoms. The van der Waals surface area contributed by atoms with Crippen molar-refractivity contribution in [1.29, 1.82) is 0 Å². The Morgan fingerprint density at radius 2 is 1.69 bits per heavy atom. The average Bonchev–Trinajstić information content (AvgIpc) is 2.72. The molecule has 0 unspecified atom stereocenters. The van der Waals surface area contributed by atoms with Crippen LogP contribution in [0.4, 0.5) is 0 Å². The molecule has 0 aliphatic carbocycles. The van der Waals surface area contributed by atoms with Gasteiger partial charge in [-0.15, -0.1) is 0 Å². The second kappa shape index (κ2) is 8.65. The maximum atomic E-state index is 12.5. The Morgan fingerprint density at radius 3 is 2.38 bits per heavy atom. The summed E-state index contributed by atoms with van der Waals surface area (Å²) in [5, 5.41) is 24.1. The van der Waals surface area contributed by atoms with Gasteiger partial charge in [0.15, 0.2) is 5.78 Å². The van der Waals surface area contributed by atoms with E-state index in [-0.39, 0.29) is 35.8 Å². The molecule has 0 bridgehead atoms. The van der Waals surface area contributed by atoms with Crippen molar-refractivity contribution in [2.75, 3.05) is 13.7 Å². The third-order valence-corrected chi connectivity index (χ3v) is 4.85. The highest BCUT2D eigenvalue weighted by Gasteiger charge is 2.16. The SMILES string of the molecule is CCc1cc(C(=O)NCC(=O)Cc2ccc(OC)c3ccccc23)c(O)cc1O. The summed E-state index contributed by atoms with van der Waals surface area (Å²) < 4.78 is 5.37. The zero-order chi connectivity index (χ0) is 21.0. The Balaban J connectivity index is 1.71. The summed E-state index contributed by atoms with van der Waals surface area (Å²) in [6.07, 6.45) is 0.669. The number of hydrogen-bond donors (Lipinski definition) is 3. The van der Waals surface area contributed by atoms with Gasteiger partial charge in [-0.3, -0.25) is 9.59 Å². The lowest BCUT2D eigenvalue weighted by molar-refractivity contribution is -0.117. The number of benzene rings is 3. The number of phenols is 2. The average molecular weight is 393 g/mol. The van der Waals surface area contributed by atoms with Crippen molar-refractivity contribution in [2.24, 2.45) is 0 Å². The van der Waals surface area contributed by atoms with Crippen LogP contribution in [-0.2, 0) is 17.6 Å². The van der Waals surface area contributed by atoms with Crippen LogP contribution in [0.15, 0.2) is 48.5 Å². The molecule has 6 nitrogen and oxygen atoms in total. The number of nitrogens with one attached hydrogen (secondary N) is 1. The zero-order valence-electron chi connectivity index (χ0n) is 16.4. The zero-order valence-corrected chi connectivity index (χ0v) is 16.4. The Hall–Kier alpha value is -3.54. The first-order chi connectivity index (χ1) is 13.9. The third-order valence-electron chi connectivity index (χ3n) is 4.85. The molecule has 0 fully saturated rings. The number of carbonyl (C=O) groups excluding carboxylic acids is 2. The minimum Gasteiger partial charge on any atom is -0.508 e. The molecule has 0 radical (unpaired) electrons. The van der Waals surface area contributed by atoms with Crippen LogP contribution in [0.5, 0.6) is 17.2 Å². The van der Waals surface area contributed by atoms with E-state index in [4.69, 9.17) is 4.74 Å². The summed E-state index contributed by atoms with van der Waals surface area (Å²) in [5.41, 5.74) is 1.42. The largest absolute Gasteiger partial charge is 0.508 e. The number of ketones is 1. The number of hydrogen-bond acceptors (Lipinski definition) is 5. The summed E-state index contributed by atoms with van der Waals surface area (Å²) in [6.45, 7) is 1.66. The maximum Gasteiger partial charge on any atom is 0.255 e. The topological polar surface area (TPSA) is 95.9 Å². The van der Waals surface area contributed by atoms with Gasteiger partial charge in [-0.2, -0.15) is 0 Å². The first-order valence-corrected chi connectivity index (χ1v) is 9.34. The van der Waals surface area contributed by atoms with Crippen molar-refractivity contribution in [3.63, 3.8) is 0 Å². The van der Waals surface area contributed by atoms with Gasteiger partial charge in [-0.1, -0.05) is 37.3 Å². The summed E-state index contributed by atoms with van der Waals surface area (Å²) >= 11 is 0. The number of amides is 1. The van der Waals surface area contributed by atoms with Crippen LogP contribution in [0.25, 0.3) is 10.8 Å². The molecule has 3 aromatic rings. The van der Waals surface area contributed by atoms with Gasteiger partial charge in [0.2, 0.25) is 0 Å². The quantitative estimate of drug-likeness (QED) is 0.572. The lowest BCUT2D eigenvalue weighted by atomic mass is 9.99. The lowest BCUT2D eigenvalue weighted by Crippen LogP contribution is -2.30. The van der Waals surface area contributed by atoms with Crippen LogP contribution in [0.3, 0.4) is 0 Å². The van der Waals surface area contributed by atoms with Gasteiger partial charge < -0.3 is 20.3 Å². The van der Waals surface area contributed by atoms with Crippen LogP contribution in [0.1, 0.15) is 28.4 Å². The molecule has 0 aliphatic rings. The van der Waals surface area contributed by atoms with E-state index in [2.05, 4.69) is 5.32 Å². The minimum atomic E-state index is -0.565. The lowest BCUT2D eigenvalue weighted by Gasteiger charge is -2.11. The molecule has 0 saturated heterocycles. The summed E-state index contributed by atoms with van der Waals surface area (Å²) in [4.78, 5) is 24.8. The first kappa shape index (κ1) is 20.2. The summed E-state index contributed by atoms with van der Waals surface area (Å²) in [6, 6.07) is 13.9. The highest BCUT2D eigenvalue weighted by Crippen LogP contribution is 2.29. The molecule has 150 valence electrons. The Kier molecular flexibility index (Phi) is 6.02. The fraction of sp³-hybridized carbons (Fsp3) is 0.217. The van der Waals surface area contributed by atoms with Crippen LogP contribution < -0.4 is 10.1 Å². The van der Waals surface area contributed by atoms with Crippen LogP contribution in [0, 0.1) is 0 Å². The van der Waals surface area contributed by atoms with E-state index in [1.807, 2.05) is 43.3 Å². The van der Waals surface area contributed by atoms with Gasteiger partial charge >= 0.3 is 0 Å². The highest BCUT2D eigenvalue weighted by atomic mass is 16.5. The van der Waals surface area contributed by atoms with E-state index in [9.17, 15) is 19.8 Å². The minimum absolute atomic E-state index is 0.0300. The Bertz CT molecular complexity index is 1070. The first-order valence-electron chi connectivity index (χ1n) is 9.34. The van der Waals surface area contributed by atoms with Crippen molar-refractivity contribution in [2.45, 2.75) is 19.8 Å². The van der Waals surface area contributed by atoms with Crippen LogP contribution in [-0.4, -0.2) is 35.6 Å². The number of aryl methyl sites for hydroxylation is 1. The van der Waals surface area contributed by atoms with Crippen molar-refractivity contribution in [3.05, 3.63) is 65.2 Å². The third kappa shape index (κ3) is 4.32. The second-order valence-corrected chi connectivity index (χ2v) is 6.72. The van der Waals surface area contributed by atoms with Crippen molar-refractivity contribution >= 4 is 22.5 Å². The number of Topliss-reactive ketones (excluding diaryl/α,β-unsaturated/α-hetero) is 1. The number of phenolic OH excluding ortho intramolecular Hbond substituents is 2. The number of methoxy groups -OCH3 is 1. The van der Waals surface area contributed by atoms with E-state index in [1.54, 1.807) is 7.11 Å². The molecule has 3 aromatic carbocycles. The molecule has 1 amide bonds. The van der Waals surface area contributed by atoms with E-state index < -0.39 is 5.91 Å².